The molecule has 2 aliphatic heterocycles. The molecular weight excluding hydrogens is 204 g/mol. The molecule has 0 amide bonds. The minimum Gasteiger partial charge on any atom is -0.317 e. The maximum atomic E-state index is 3.43. The van der Waals surface area contributed by atoms with Crippen molar-refractivity contribution in [1.29, 1.82) is 0 Å². The van der Waals surface area contributed by atoms with Gasteiger partial charge in [0.2, 0.25) is 0 Å². The van der Waals surface area contributed by atoms with Gasteiger partial charge < -0.3 is 10.2 Å². The molecule has 15 heavy (non-hydrogen) atoms. The van der Waals surface area contributed by atoms with Crippen LogP contribution in [0, 0.1) is 5.92 Å². The lowest BCUT2D eigenvalue weighted by molar-refractivity contribution is 0.349. The molecule has 0 aliphatic carbocycles. The lowest BCUT2D eigenvalue weighted by atomic mass is 10.2. The van der Waals surface area contributed by atoms with Crippen molar-refractivity contribution in [3.8, 4) is 0 Å². The summed E-state index contributed by atoms with van der Waals surface area (Å²) in [6, 6.07) is 0. The van der Waals surface area contributed by atoms with Gasteiger partial charge in [-0.2, -0.15) is 11.8 Å². The second-order valence-corrected chi connectivity index (χ2v) is 6.42. The van der Waals surface area contributed by atoms with Crippen molar-refractivity contribution in [3.63, 3.8) is 0 Å². The van der Waals surface area contributed by atoms with Crippen molar-refractivity contribution in [2.75, 3.05) is 38.5 Å². The predicted octanol–water partition coefficient (Wildman–Crippen LogP) is 1.81. The molecule has 88 valence electrons. The Hall–Kier alpha value is 0.270. The predicted molar refractivity (Wildman–Crippen MR) is 68.6 cm³/mol. The van der Waals surface area contributed by atoms with Crippen molar-refractivity contribution in [3.05, 3.63) is 0 Å². The Balaban J connectivity index is 1.54. The van der Waals surface area contributed by atoms with Crippen molar-refractivity contribution < 1.29 is 0 Å². The minimum absolute atomic E-state index is 0.936. The second-order valence-electron chi connectivity index (χ2n) is 5.01. The molecule has 2 nitrogen and oxygen atoms in total. The van der Waals surface area contributed by atoms with Crippen LogP contribution in [0.15, 0.2) is 0 Å². The Labute approximate surface area is 98.2 Å². The molecule has 0 aromatic rings. The maximum absolute atomic E-state index is 3.43. The van der Waals surface area contributed by atoms with Gasteiger partial charge in [0, 0.05) is 24.1 Å². The highest BCUT2D eigenvalue weighted by Crippen LogP contribution is 2.21. The number of rotatable bonds is 4. The number of hydrogen-bond donors (Lipinski definition) is 1. The molecule has 0 aromatic heterocycles. The molecule has 1 unspecified atom stereocenters. The van der Waals surface area contributed by atoms with Crippen LogP contribution in [0.3, 0.4) is 0 Å². The van der Waals surface area contributed by atoms with Crippen LogP contribution >= 0.6 is 11.8 Å². The fourth-order valence-electron chi connectivity index (χ4n) is 2.54. The van der Waals surface area contributed by atoms with Gasteiger partial charge in [-0.1, -0.05) is 6.92 Å². The van der Waals surface area contributed by atoms with E-state index in [2.05, 4.69) is 28.9 Å². The van der Waals surface area contributed by atoms with Gasteiger partial charge in [0.15, 0.2) is 0 Å². The highest BCUT2D eigenvalue weighted by molar-refractivity contribution is 7.99. The monoisotopic (exact) mass is 228 g/mol. The average Bonchev–Trinajstić information content (AvgIpc) is 2.66. The SMILES string of the molecule is CC1CCN(CCSC2CCNCC2)C1. The van der Waals surface area contributed by atoms with Gasteiger partial charge in [-0.05, 0) is 44.8 Å². The topological polar surface area (TPSA) is 15.3 Å². The van der Waals surface area contributed by atoms with Gasteiger partial charge in [0.1, 0.15) is 0 Å². The fraction of sp³-hybridized carbons (Fsp3) is 1.00. The maximum Gasteiger partial charge on any atom is 0.00726 e. The van der Waals surface area contributed by atoms with E-state index in [4.69, 9.17) is 0 Å². The van der Waals surface area contributed by atoms with Gasteiger partial charge in [0.25, 0.3) is 0 Å². The Morgan fingerprint density at radius 2 is 2.07 bits per heavy atom. The zero-order valence-electron chi connectivity index (χ0n) is 9.87. The molecule has 0 saturated carbocycles. The first-order valence-corrected chi connectivity index (χ1v) is 7.44. The zero-order chi connectivity index (χ0) is 10.5. The van der Waals surface area contributed by atoms with E-state index < -0.39 is 0 Å². The summed E-state index contributed by atoms with van der Waals surface area (Å²) in [4.78, 5) is 2.64. The number of likely N-dealkylation sites (tertiary alicyclic amines) is 1. The van der Waals surface area contributed by atoms with Crippen molar-refractivity contribution in [2.24, 2.45) is 5.92 Å². The van der Waals surface area contributed by atoms with E-state index in [1.165, 1.54) is 57.7 Å². The summed E-state index contributed by atoms with van der Waals surface area (Å²) >= 11 is 2.20. The summed E-state index contributed by atoms with van der Waals surface area (Å²) in [5, 5.41) is 4.36. The summed E-state index contributed by atoms with van der Waals surface area (Å²) in [5.74, 6) is 2.28. The Morgan fingerprint density at radius 1 is 1.27 bits per heavy atom. The number of nitrogens with zero attached hydrogens (tertiary/aromatic N) is 1. The highest BCUT2D eigenvalue weighted by Gasteiger charge is 2.19. The fourth-order valence-corrected chi connectivity index (χ4v) is 3.81. The van der Waals surface area contributed by atoms with Crippen LogP contribution in [0.25, 0.3) is 0 Å². The molecule has 2 heterocycles. The molecule has 1 N–H and O–H groups in total. The minimum atomic E-state index is 0.936. The molecule has 0 radical (unpaired) electrons. The van der Waals surface area contributed by atoms with E-state index in [1.54, 1.807) is 0 Å². The number of piperidine rings is 1. The molecule has 2 saturated heterocycles. The highest BCUT2D eigenvalue weighted by atomic mass is 32.2. The third-order valence-corrected chi connectivity index (χ3v) is 4.92. The van der Waals surface area contributed by atoms with Crippen LogP contribution in [-0.4, -0.2) is 48.6 Å². The lowest BCUT2D eigenvalue weighted by Crippen LogP contribution is -2.30. The number of thioether (sulfide) groups is 1. The van der Waals surface area contributed by atoms with Crippen LogP contribution < -0.4 is 5.32 Å². The van der Waals surface area contributed by atoms with Crippen LogP contribution in [0.1, 0.15) is 26.2 Å². The first-order chi connectivity index (χ1) is 7.34. The van der Waals surface area contributed by atoms with E-state index in [1.807, 2.05) is 0 Å². The van der Waals surface area contributed by atoms with Crippen LogP contribution in [-0.2, 0) is 0 Å². The summed E-state index contributed by atoms with van der Waals surface area (Å²) < 4.78 is 0. The average molecular weight is 228 g/mol. The van der Waals surface area contributed by atoms with Crippen molar-refractivity contribution in [2.45, 2.75) is 31.4 Å². The molecule has 2 aliphatic rings. The van der Waals surface area contributed by atoms with Gasteiger partial charge in [-0.3, -0.25) is 0 Å². The lowest BCUT2D eigenvalue weighted by Gasteiger charge is -2.23. The van der Waals surface area contributed by atoms with Gasteiger partial charge >= 0.3 is 0 Å². The molecule has 2 fully saturated rings. The summed E-state index contributed by atoms with van der Waals surface area (Å²) in [6.45, 7) is 8.84. The van der Waals surface area contributed by atoms with Crippen LogP contribution in [0.5, 0.6) is 0 Å². The third-order valence-electron chi connectivity index (χ3n) is 3.56. The standard InChI is InChI=1S/C12H24N2S/c1-11-4-7-14(10-11)8-9-15-12-2-5-13-6-3-12/h11-13H,2-10H2,1H3. The van der Waals surface area contributed by atoms with Crippen LogP contribution in [0.2, 0.25) is 0 Å². The molecule has 3 heteroatoms. The van der Waals surface area contributed by atoms with Crippen molar-refractivity contribution in [1.82, 2.24) is 10.2 Å². The van der Waals surface area contributed by atoms with Gasteiger partial charge in [-0.25, -0.2) is 0 Å². The molecule has 1 atom stereocenters. The normalized spacial score (nSPS) is 29.8. The largest absolute Gasteiger partial charge is 0.317 e. The number of hydrogen-bond acceptors (Lipinski definition) is 3. The molecule has 0 bridgehead atoms. The van der Waals surface area contributed by atoms with E-state index in [0.29, 0.717) is 0 Å². The van der Waals surface area contributed by atoms with E-state index in [9.17, 15) is 0 Å². The first kappa shape index (κ1) is 11.7. The summed E-state index contributed by atoms with van der Waals surface area (Å²) in [7, 11) is 0. The molecular formula is C12H24N2S. The Bertz CT molecular complexity index is 176. The van der Waals surface area contributed by atoms with Crippen molar-refractivity contribution >= 4 is 11.8 Å². The molecule has 0 aromatic carbocycles. The van der Waals surface area contributed by atoms with Gasteiger partial charge in [0.05, 0.1) is 0 Å². The summed E-state index contributed by atoms with van der Waals surface area (Å²) in [6.07, 6.45) is 4.17. The van der Waals surface area contributed by atoms with E-state index in [0.717, 1.165) is 11.2 Å². The van der Waals surface area contributed by atoms with Gasteiger partial charge in [-0.15, -0.1) is 0 Å². The second kappa shape index (κ2) is 6.12. The Kier molecular flexibility index (Phi) is 4.79. The van der Waals surface area contributed by atoms with E-state index >= 15 is 0 Å². The summed E-state index contributed by atoms with van der Waals surface area (Å²) in [5.41, 5.74) is 0. The van der Waals surface area contributed by atoms with Crippen LogP contribution in [0.4, 0.5) is 0 Å². The quantitative estimate of drug-likeness (QED) is 0.790. The third kappa shape index (κ3) is 3.97. The Morgan fingerprint density at radius 3 is 2.73 bits per heavy atom. The zero-order valence-corrected chi connectivity index (χ0v) is 10.7. The van der Waals surface area contributed by atoms with E-state index in [-0.39, 0.29) is 0 Å². The smallest absolute Gasteiger partial charge is 0.00726 e. The number of nitrogens with one attached hydrogen (secondary N) is 1. The first-order valence-electron chi connectivity index (χ1n) is 6.39. The molecule has 0 spiro atoms. The molecule has 2 rings (SSSR count).